The Balaban J connectivity index is 1.53. The van der Waals surface area contributed by atoms with Crippen LogP contribution in [-0.2, 0) is 19.3 Å². The number of benzene rings is 2. The Labute approximate surface area is 188 Å². The molecule has 0 fully saturated rings. The van der Waals surface area contributed by atoms with Gasteiger partial charge in [0.05, 0.1) is 28.7 Å². The Kier molecular flexibility index (Phi) is 5.08. The summed E-state index contributed by atoms with van der Waals surface area (Å²) in [6, 6.07) is 9.79. The highest BCUT2D eigenvalue weighted by atomic mass is 19.4. The standard InChI is InChI=1S/C24H23F3N6/c1-13-18(5-4-6-21(13)24(25,26)27)14(2)29-23-20-9-17(7-8-19(20)15(3)30-31-23)33-12-16-10-28-11-22(16)32-33/h4-9,12,14,28H,10-11H2,1-3H3,(H,29,31)/t14-/m1/s1. The fraction of sp³-hybridized carbons (Fsp3) is 0.292. The van der Waals surface area contributed by atoms with Crippen LogP contribution in [0.4, 0.5) is 19.0 Å². The maximum atomic E-state index is 13.4. The van der Waals surface area contributed by atoms with Crippen LogP contribution in [0.5, 0.6) is 0 Å². The third-order valence-electron chi connectivity index (χ3n) is 6.20. The second-order valence-electron chi connectivity index (χ2n) is 8.40. The first-order chi connectivity index (χ1) is 15.7. The molecule has 3 heterocycles. The van der Waals surface area contributed by atoms with Crippen LogP contribution in [0.2, 0.25) is 0 Å². The van der Waals surface area contributed by atoms with Crippen LogP contribution in [0.1, 0.15) is 46.6 Å². The summed E-state index contributed by atoms with van der Waals surface area (Å²) in [4.78, 5) is 0. The van der Waals surface area contributed by atoms with Gasteiger partial charge >= 0.3 is 6.18 Å². The molecule has 1 aliphatic rings. The van der Waals surface area contributed by atoms with Crippen LogP contribution >= 0.6 is 0 Å². The molecule has 0 bridgehead atoms. The molecular formula is C24H23F3N6. The summed E-state index contributed by atoms with van der Waals surface area (Å²) >= 11 is 0. The summed E-state index contributed by atoms with van der Waals surface area (Å²) in [7, 11) is 0. The van der Waals surface area contributed by atoms with Gasteiger partial charge in [0, 0.05) is 35.6 Å². The fourth-order valence-electron chi connectivity index (χ4n) is 4.43. The maximum Gasteiger partial charge on any atom is 0.416 e. The number of nitrogens with zero attached hydrogens (tertiary/aromatic N) is 4. The predicted octanol–water partition coefficient (Wildman–Crippen LogP) is 5.23. The summed E-state index contributed by atoms with van der Waals surface area (Å²) in [5.41, 5.74) is 4.00. The average molecular weight is 452 g/mol. The van der Waals surface area contributed by atoms with Gasteiger partial charge in [-0.25, -0.2) is 4.68 Å². The summed E-state index contributed by atoms with van der Waals surface area (Å²) in [6.07, 6.45) is -2.38. The van der Waals surface area contributed by atoms with E-state index < -0.39 is 17.8 Å². The summed E-state index contributed by atoms with van der Waals surface area (Å²) in [6.45, 7) is 6.76. The van der Waals surface area contributed by atoms with E-state index in [1.165, 1.54) is 18.6 Å². The molecule has 0 aliphatic carbocycles. The van der Waals surface area contributed by atoms with Crippen LogP contribution < -0.4 is 10.6 Å². The first-order valence-electron chi connectivity index (χ1n) is 10.7. The number of fused-ring (bicyclic) bond motifs is 2. The molecule has 0 amide bonds. The third-order valence-corrected chi connectivity index (χ3v) is 6.20. The topological polar surface area (TPSA) is 67.7 Å². The van der Waals surface area contributed by atoms with Crippen molar-refractivity contribution in [2.75, 3.05) is 5.32 Å². The lowest BCUT2D eigenvalue weighted by Crippen LogP contribution is -2.14. The average Bonchev–Trinajstić information content (AvgIpc) is 3.37. The van der Waals surface area contributed by atoms with Crippen molar-refractivity contribution in [3.8, 4) is 5.69 Å². The van der Waals surface area contributed by atoms with Crippen molar-refractivity contribution in [1.29, 1.82) is 0 Å². The van der Waals surface area contributed by atoms with Crippen LogP contribution in [0.15, 0.2) is 42.6 Å². The smallest absolute Gasteiger partial charge is 0.362 e. The van der Waals surface area contributed by atoms with Crippen molar-refractivity contribution in [2.45, 2.75) is 46.1 Å². The van der Waals surface area contributed by atoms with Crippen molar-refractivity contribution in [3.05, 3.63) is 76.2 Å². The molecule has 0 radical (unpaired) electrons. The molecule has 1 atom stereocenters. The van der Waals surface area contributed by atoms with E-state index in [0.717, 1.165) is 47.0 Å². The molecule has 0 saturated carbocycles. The maximum absolute atomic E-state index is 13.4. The Morgan fingerprint density at radius 1 is 1.06 bits per heavy atom. The number of halogens is 3. The van der Waals surface area contributed by atoms with Crippen LogP contribution in [0, 0.1) is 13.8 Å². The minimum Gasteiger partial charge on any atom is -0.362 e. The van der Waals surface area contributed by atoms with Gasteiger partial charge in [-0.05, 0) is 50.1 Å². The van der Waals surface area contributed by atoms with Gasteiger partial charge in [-0.1, -0.05) is 18.2 Å². The van der Waals surface area contributed by atoms with Crippen molar-refractivity contribution < 1.29 is 13.2 Å². The minimum absolute atomic E-state index is 0.203. The molecule has 4 aromatic rings. The largest absolute Gasteiger partial charge is 0.416 e. The van der Waals surface area contributed by atoms with Crippen LogP contribution in [0.25, 0.3) is 16.5 Å². The Morgan fingerprint density at radius 2 is 1.88 bits per heavy atom. The van der Waals surface area contributed by atoms with Crippen LogP contribution in [0.3, 0.4) is 0 Å². The molecule has 0 spiro atoms. The molecule has 0 saturated heterocycles. The number of aryl methyl sites for hydroxylation is 1. The van der Waals surface area contributed by atoms with E-state index in [-0.39, 0.29) is 5.56 Å². The van der Waals surface area contributed by atoms with E-state index in [9.17, 15) is 13.2 Å². The molecular weight excluding hydrogens is 429 g/mol. The number of alkyl halides is 3. The highest BCUT2D eigenvalue weighted by Crippen LogP contribution is 2.36. The third kappa shape index (κ3) is 3.82. The number of aromatic nitrogens is 4. The molecule has 2 aromatic carbocycles. The van der Waals surface area contributed by atoms with Gasteiger partial charge in [-0.15, -0.1) is 5.10 Å². The number of anilines is 1. The van der Waals surface area contributed by atoms with Gasteiger partial charge in [-0.2, -0.15) is 23.4 Å². The molecule has 2 N–H and O–H groups in total. The number of rotatable bonds is 4. The molecule has 170 valence electrons. The van der Waals surface area contributed by atoms with Gasteiger partial charge in [0.15, 0.2) is 5.82 Å². The molecule has 33 heavy (non-hydrogen) atoms. The highest BCUT2D eigenvalue weighted by Gasteiger charge is 2.33. The zero-order valence-corrected chi connectivity index (χ0v) is 18.5. The van der Waals surface area contributed by atoms with Gasteiger partial charge in [0.1, 0.15) is 0 Å². The zero-order valence-electron chi connectivity index (χ0n) is 18.5. The zero-order chi connectivity index (χ0) is 23.3. The molecule has 9 heteroatoms. The summed E-state index contributed by atoms with van der Waals surface area (Å²) in [5.74, 6) is 0.517. The fourth-order valence-corrected chi connectivity index (χ4v) is 4.43. The molecule has 2 aromatic heterocycles. The van der Waals surface area contributed by atoms with Gasteiger partial charge in [-0.3, -0.25) is 0 Å². The van der Waals surface area contributed by atoms with E-state index in [1.54, 1.807) is 6.07 Å². The van der Waals surface area contributed by atoms with Gasteiger partial charge < -0.3 is 10.6 Å². The van der Waals surface area contributed by atoms with E-state index in [1.807, 2.05) is 42.9 Å². The normalized spacial score (nSPS) is 14.5. The molecule has 6 nitrogen and oxygen atoms in total. The second kappa shape index (κ2) is 7.84. The Morgan fingerprint density at radius 3 is 2.64 bits per heavy atom. The van der Waals surface area contributed by atoms with Crippen LogP contribution in [-0.4, -0.2) is 20.0 Å². The number of nitrogens with one attached hydrogen (secondary N) is 2. The molecule has 1 aliphatic heterocycles. The minimum atomic E-state index is -4.40. The molecule has 5 rings (SSSR count). The Bertz CT molecular complexity index is 1340. The number of hydrogen-bond donors (Lipinski definition) is 2. The van der Waals surface area contributed by atoms with Gasteiger partial charge in [0.25, 0.3) is 0 Å². The first-order valence-corrected chi connectivity index (χ1v) is 10.7. The lowest BCUT2D eigenvalue weighted by atomic mass is 9.97. The molecule has 0 unspecified atom stereocenters. The van der Waals surface area contributed by atoms with Crippen molar-refractivity contribution in [1.82, 2.24) is 25.3 Å². The monoisotopic (exact) mass is 452 g/mol. The van der Waals surface area contributed by atoms with E-state index in [0.29, 0.717) is 11.4 Å². The van der Waals surface area contributed by atoms with Crippen molar-refractivity contribution in [3.63, 3.8) is 0 Å². The quantitative estimate of drug-likeness (QED) is 0.444. The highest BCUT2D eigenvalue weighted by molar-refractivity contribution is 5.94. The lowest BCUT2D eigenvalue weighted by molar-refractivity contribution is -0.138. The predicted molar refractivity (Wildman–Crippen MR) is 120 cm³/mol. The van der Waals surface area contributed by atoms with E-state index in [2.05, 4.69) is 25.9 Å². The first kappa shape index (κ1) is 21.4. The van der Waals surface area contributed by atoms with Gasteiger partial charge in [0.2, 0.25) is 0 Å². The SMILES string of the molecule is Cc1c([C@@H](C)Nc2nnc(C)c3ccc(-n4cc5c(n4)CNC5)cc23)cccc1C(F)(F)F. The lowest BCUT2D eigenvalue weighted by Gasteiger charge is -2.21. The number of hydrogen-bond acceptors (Lipinski definition) is 5. The summed E-state index contributed by atoms with van der Waals surface area (Å²) < 4.78 is 42.0. The van der Waals surface area contributed by atoms with E-state index in [4.69, 9.17) is 0 Å². The Hall–Kier alpha value is -3.46. The van der Waals surface area contributed by atoms with Crippen molar-refractivity contribution >= 4 is 16.6 Å². The van der Waals surface area contributed by atoms with E-state index >= 15 is 0 Å². The second-order valence-corrected chi connectivity index (χ2v) is 8.40. The van der Waals surface area contributed by atoms with Crippen molar-refractivity contribution in [2.24, 2.45) is 0 Å². The summed E-state index contributed by atoms with van der Waals surface area (Å²) in [5, 5.41) is 21.6.